The van der Waals surface area contributed by atoms with Crippen LogP contribution >= 0.6 is 11.8 Å². The van der Waals surface area contributed by atoms with E-state index in [1.807, 2.05) is 0 Å². The predicted molar refractivity (Wildman–Crippen MR) is 91.6 cm³/mol. The SMILES string of the molecule is CSc1ccc(NCC2CCC(C(C)(C)C)CC2)cc1. The molecule has 1 N–H and O–H groups in total. The Kier molecular flexibility index (Phi) is 5.42. The topological polar surface area (TPSA) is 12.0 Å². The monoisotopic (exact) mass is 291 g/mol. The van der Waals surface area contributed by atoms with Crippen molar-refractivity contribution in [3.63, 3.8) is 0 Å². The highest BCUT2D eigenvalue weighted by molar-refractivity contribution is 7.98. The van der Waals surface area contributed by atoms with E-state index >= 15 is 0 Å². The summed E-state index contributed by atoms with van der Waals surface area (Å²) in [6, 6.07) is 8.80. The molecule has 0 amide bonds. The molecule has 0 aliphatic heterocycles. The predicted octanol–water partition coefficient (Wildman–Crippen LogP) is 5.67. The normalized spacial score (nSPS) is 23.6. The van der Waals surface area contributed by atoms with Crippen LogP contribution in [0, 0.1) is 17.3 Å². The third-order valence-corrected chi connectivity index (χ3v) is 5.50. The fourth-order valence-electron chi connectivity index (χ4n) is 3.20. The van der Waals surface area contributed by atoms with E-state index in [0.717, 1.165) is 18.4 Å². The van der Waals surface area contributed by atoms with Crippen LogP contribution in [0.2, 0.25) is 0 Å². The second-order valence-corrected chi connectivity index (χ2v) is 8.07. The third-order valence-electron chi connectivity index (χ3n) is 4.76. The van der Waals surface area contributed by atoms with E-state index in [-0.39, 0.29) is 0 Å². The van der Waals surface area contributed by atoms with Crippen molar-refractivity contribution < 1.29 is 0 Å². The van der Waals surface area contributed by atoms with Crippen LogP contribution < -0.4 is 5.32 Å². The minimum atomic E-state index is 0.492. The molecule has 0 atom stereocenters. The number of hydrogen-bond donors (Lipinski definition) is 1. The van der Waals surface area contributed by atoms with Crippen LogP contribution in [0.5, 0.6) is 0 Å². The molecule has 20 heavy (non-hydrogen) atoms. The zero-order valence-electron chi connectivity index (χ0n) is 13.4. The highest BCUT2D eigenvalue weighted by Gasteiger charge is 2.29. The Balaban J connectivity index is 1.75. The van der Waals surface area contributed by atoms with Crippen LogP contribution in [-0.2, 0) is 0 Å². The van der Waals surface area contributed by atoms with E-state index in [1.165, 1.54) is 36.3 Å². The van der Waals surface area contributed by atoms with Crippen LogP contribution in [0.15, 0.2) is 29.2 Å². The van der Waals surface area contributed by atoms with E-state index < -0.39 is 0 Å². The lowest BCUT2D eigenvalue weighted by atomic mass is 9.70. The van der Waals surface area contributed by atoms with E-state index in [2.05, 4.69) is 56.6 Å². The summed E-state index contributed by atoms with van der Waals surface area (Å²) in [5, 5.41) is 3.61. The molecule has 1 aliphatic carbocycles. The highest BCUT2D eigenvalue weighted by atomic mass is 32.2. The Hall–Kier alpha value is -0.630. The van der Waals surface area contributed by atoms with Gasteiger partial charge in [0.1, 0.15) is 0 Å². The van der Waals surface area contributed by atoms with Gasteiger partial charge in [-0.1, -0.05) is 20.8 Å². The summed E-state index contributed by atoms with van der Waals surface area (Å²) in [6.07, 6.45) is 7.70. The van der Waals surface area contributed by atoms with Crippen molar-refractivity contribution in [2.75, 3.05) is 18.1 Å². The average molecular weight is 292 g/mol. The van der Waals surface area contributed by atoms with Gasteiger partial charge in [-0.3, -0.25) is 0 Å². The molecule has 0 unspecified atom stereocenters. The molecule has 1 fully saturated rings. The second kappa shape index (κ2) is 6.89. The summed E-state index contributed by atoms with van der Waals surface area (Å²) < 4.78 is 0. The maximum atomic E-state index is 3.61. The van der Waals surface area contributed by atoms with Gasteiger partial charge in [-0.25, -0.2) is 0 Å². The van der Waals surface area contributed by atoms with Crippen molar-refractivity contribution in [1.29, 1.82) is 0 Å². The van der Waals surface area contributed by atoms with Gasteiger partial charge in [-0.15, -0.1) is 11.8 Å². The Bertz CT molecular complexity index is 396. The molecule has 2 rings (SSSR count). The molecule has 0 heterocycles. The van der Waals surface area contributed by atoms with Crippen molar-refractivity contribution >= 4 is 17.4 Å². The smallest absolute Gasteiger partial charge is 0.0341 e. The van der Waals surface area contributed by atoms with Gasteiger partial charge in [0.05, 0.1) is 0 Å². The molecule has 2 heteroatoms. The molecule has 0 aromatic heterocycles. The molecule has 112 valence electrons. The van der Waals surface area contributed by atoms with E-state index in [1.54, 1.807) is 11.8 Å². The summed E-state index contributed by atoms with van der Waals surface area (Å²) in [7, 11) is 0. The molecule has 1 aromatic rings. The van der Waals surface area contributed by atoms with Crippen molar-refractivity contribution in [3.8, 4) is 0 Å². The van der Waals surface area contributed by atoms with Crippen molar-refractivity contribution in [2.24, 2.45) is 17.3 Å². The summed E-state index contributed by atoms with van der Waals surface area (Å²) >= 11 is 1.80. The minimum absolute atomic E-state index is 0.492. The van der Waals surface area contributed by atoms with E-state index in [4.69, 9.17) is 0 Å². The van der Waals surface area contributed by atoms with E-state index in [0.29, 0.717) is 5.41 Å². The van der Waals surface area contributed by atoms with Gasteiger partial charge in [0.2, 0.25) is 0 Å². The first-order chi connectivity index (χ1) is 9.49. The van der Waals surface area contributed by atoms with Gasteiger partial charge in [0.15, 0.2) is 0 Å². The molecular formula is C18H29NS. The lowest BCUT2D eigenvalue weighted by Crippen LogP contribution is -2.28. The molecule has 1 aromatic carbocycles. The molecule has 0 saturated heterocycles. The van der Waals surface area contributed by atoms with Crippen LogP contribution in [-0.4, -0.2) is 12.8 Å². The van der Waals surface area contributed by atoms with Gasteiger partial charge in [-0.2, -0.15) is 0 Å². The number of hydrogen-bond acceptors (Lipinski definition) is 2. The average Bonchev–Trinajstić information content (AvgIpc) is 2.45. The van der Waals surface area contributed by atoms with Gasteiger partial charge >= 0.3 is 0 Å². The fourth-order valence-corrected chi connectivity index (χ4v) is 3.61. The Morgan fingerprint density at radius 1 is 1.05 bits per heavy atom. The molecule has 0 spiro atoms. The van der Waals surface area contributed by atoms with Gasteiger partial charge in [-0.05, 0) is 73.5 Å². The summed E-state index contributed by atoms with van der Waals surface area (Å²) in [4.78, 5) is 1.33. The lowest BCUT2D eigenvalue weighted by molar-refractivity contribution is 0.153. The largest absolute Gasteiger partial charge is 0.385 e. The van der Waals surface area contributed by atoms with Gasteiger partial charge in [0.25, 0.3) is 0 Å². The Morgan fingerprint density at radius 3 is 2.15 bits per heavy atom. The van der Waals surface area contributed by atoms with Crippen LogP contribution in [0.1, 0.15) is 46.5 Å². The number of nitrogens with one attached hydrogen (secondary N) is 1. The molecule has 0 radical (unpaired) electrons. The fraction of sp³-hybridized carbons (Fsp3) is 0.667. The Labute approximate surface area is 128 Å². The summed E-state index contributed by atoms with van der Waals surface area (Å²) in [6.45, 7) is 8.31. The number of thioether (sulfide) groups is 1. The number of benzene rings is 1. The second-order valence-electron chi connectivity index (χ2n) is 7.19. The van der Waals surface area contributed by atoms with Crippen LogP contribution in [0.25, 0.3) is 0 Å². The molecule has 1 nitrogen and oxygen atoms in total. The Morgan fingerprint density at radius 2 is 1.65 bits per heavy atom. The standard InChI is InChI=1S/C18H29NS/c1-18(2,3)15-7-5-14(6-8-15)13-19-16-9-11-17(20-4)12-10-16/h9-12,14-15,19H,5-8,13H2,1-4H3. The first-order valence-corrected chi connectivity index (χ1v) is 9.09. The number of anilines is 1. The quantitative estimate of drug-likeness (QED) is 0.717. The maximum Gasteiger partial charge on any atom is 0.0341 e. The zero-order chi connectivity index (χ0) is 14.6. The first-order valence-electron chi connectivity index (χ1n) is 7.87. The van der Waals surface area contributed by atoms with Gasteiger partial charge in [0, 0.05) is 17.1 Å². The van der Waals surface area contributed by atoms with Crippen molar-refractivity contribution in [3.05, 3.63) is 24.3 Å². The summed E-state index contributed by atoms with van der Waals surface area (Å²) in [5.41, 5.74) is 1.76. The minimum Gasteiger partial charge on any atom is -0.385 e. The first kappa shape index (κ1) is 15.8. The van der Waals surface area contributed by atoms with Gasteiger partial charge < -0.3 is 5.32 Å². The van der Waals surface area contributed by atoms with E-state index in [9.17, 15) is 0 Å². The molecule has 1 aliphatic rings. The molecule has 0 bridgehead atoms. The van der Waals surface area contributed by atoms with Crippen LogP contribution in [0.3, 0.4) is 0 Å². The number of rotatable bonds is 4. The maximum absolute atomic E-state index is 3.61. The zero-order valence-corrected chi connectivity index (χ0v) is 14.2. The molecular weight excluding hydrogens is 262 g/mol. The van der Waals surface area contributed by atoms with Crippen molar-refractivity contribution in [2.45, 2.75) is 51.3 Å². The van der Waals surface area contributed by atoms with Crippen LogP contribution in [0.4, 0.5) is 5.69 Å². The highest BCUT2D eigenvalue weighted by Crippen LogP contribution is 2.39. The summed E-state index contributed by atoms with van der Waals surface area (Å²) in [5.74, 6) is 1.77. The third kappa shape index (κ3) is 4.44. The molecule has 1 saturated carbocycles. The lowest BCUT2D eigenvalue weighted by Gasteiger charge is -2.37. The van der Waals surface area contributed by atoms with Crippen molar-refractivity contribution in [1.82, 2.24) is 0 Å².